The van der Waals surface area contributed by atoms with Gasteiger partial charge in [0.2, 0.25) is 5.91 Å². The van der Waals surface area contributed by atoms with Crippen LogP contribution in [0.1, 0.15) is 29.0 Å². The number of carbonyl (C=O) groups is 2. The molecule has 30 heavy (non-hydrogen) atoms. The Balaban J connectivity index is 0.00000256. The first-order valence-corrected chi connectivity index (χ1v) is 9.96. The molecule has 2 amide bonds. The fourth-order valence-corrected chi connectivity index (χ4v) is 3.72. The summed E-state index contributed by atoms with van der Waals surface area (Å²) in [4.78, 5) is 27.0. The van der Waals surface area contributed by atoms with E-state index in [9.17, 15) is 9.59 Å². The van der Waals surface area contributed by atoms with Crippen LogP contribution in [-0.2, 0) is 11.2 Å². The number of nitrogens with one attached hydrogen (secondary N) is 2. The van der Waals surface area contributed by atoms with Crippen molar-refractivity contribution in [1.82, 2.24) is 10.2 Å². The molecule has 4 rings (SSSR count). The van der Waals surface area contributed by atoms with E-state index in [0.29, 0.717) is 23.7 Å². The predicted molar refractivity (Wildman–Crippen MR) is 120 cm³/mol. The first kappa shape index (κ1) is 21.9. The Labute approximate surface area is 182 Å². The summed E-state index contributed by atoms with van der Waals surface area (Å²) >= 11 is 0. The van der Waals surface area contributed by atoms with Crippen LogP contribution >= 0.6 is 12.4 Å². The number of benzene rings is 2. The van der Waals surface area contributed by atoms with Gasteiger partial charge in [-0.05, 0) is 49.7 Å². The van der Waals surface area contributed by atoms with Crippen LogP contribution in [0, 0.1) is 0 Å². The number of amides is 2. The third kappa shape index (κ3) is 5.01. The zero-order valence-electron chi connectivity index (χ0n) is 16.9. The Hall–Kier alpha value is -2.83. The minimum Gasteiger partial charge on any atom is -0.451 e. The number of nitrogens with zero attached hydrogens (tertiary/aromatic N) is 1. The molecule has 0 saturated carbocycles. The van der Waals surface area contributed by atoms with E-state index >= 15 is 0 Å². The normalized spacial score (nSPS) is 16.2. The smallest absolute Gasteiger partial charge is 0.291 e. The molecule has 0 aliphatic carbocycles. The van der Waals surface area contributed by atoms with Crippen molar-refractivity contribution in [2.45, 2.75) is 25.3 Å². The molecule has 1 unspecified atom stereocenters. The average Bonchev–Trinajstić information content (AvgIpc) is 3.19. The standard InChI is InChI=1S/C23H25N3O3.ClH/c1-24-19-6-4-12-26(15-19)22(27)13-16-8-10-18(11-9-16)25-23(28)21-14-17-5-2-3-7-20(17)29-21;/h2-3,5,7-11,14,19,24H,4,6,12-13,15H2,1H3,(H,25,28);1H. The van der Waals surface area contributed by atoms with Crippen LogP contribution in [0.2, 0.25) is 0 Å². The van der Waals surface area contributed by atoms with Gasteiger partial charge in [-0.2, -0.15) is 0 Å². The van der Waals surface area contributed by atoms with Gasteiger partial charge in [-0.15, -0.1) is 12.4 Å². The molecule has 1 atom stereocenters. The van der Waals surface area contributed by atoms with Crippen LogP contribution < -0.4 is 10.6 Å². The van der Waals surface area contributed by atoms with Gasteiger partial charge >= 0.3 is 0 Å². The first-order valence-electron chi connectivity index (χ1n) is 9.96. The van der Waals surface area contributed by atoms with Crippen LogP contribution in [-0.4, -0.2) is 42.9 Å². The van der Waals surface area contributed by atoms with Crippen molar-refractivity contribution in [3.8, 4) is 0 Å². The highest BCUT2D eigenvalue weighted by atomic mass is 35.5. The van der Waals surface area contributed by atoms with E-state index in [2.05, 4.69) is 10.6 Å². The number of likely N-dealkylation sites (tertiary alicyclic amines) is 1. The van der Waals surface area contributed by atoms with Crippen molar-refractivity contribution in [2.24, 2.45) is 0 Å². The molecule has 2 aromatic carbocycles. The molecule has 6 nitrogen and oxygen atoms in total. The summed E-state index contributed by atoms with van der Waals surface area (Å²) < 4.78 is 5.60. The molecule has 7 heteroatoms. The Morgan fingerprint density at radius 3 is 2.63 bits per heavy atom. The first-order chi connectivity index (χ1) is 14.1. The van der Waals surface area contributed by atoms with Gasteiger partial charge in [-0.25, -0.2) is 0 Å². The number of fused-ring (bicyclic) bond motifs is 1. The van der Waals surface area contributed by atoms with E-state index in [1.807, 2.05) is 60.5 Å². The maximum atomic E-state index is 12.6. The molecule has 1 saturated heterocycles. The lowest BCUT2D eigenvalue weighted by Gasteiger charge is -2.32. The lowest BCUT2D eigenvalue weighted by atomic mass is 10.0. The lowest BCUT2D eigenvalue weighted by Crippen LogP contribution is -2.47. The SMILES string of the molecule is CNC1CCCN(C(=O)Cc2ccc(NC(=O)c3cc4ccccc4o3)cc2)C1.Cl. The monoisotopic (exact) mass is 427 g/mol. The van der Waals surface area contributed by atoms with E-state index < -0.39 is 0 Å². The molecular formula is C23H26ClN3O3. The number of carbonyl (C=O) groups excluding carboxylic acids is 2. The van der Waals surface area contributed by atoms with Gasteiger partial charge in [0.15, 0.2) is 5.76 Å². The van der Waals surface area contributed by atoms with Gasteiger partial charge in [-0.3, -0.25) is 9.59 Å². The number of rotatable bonds is 5. The fourth-order valence-electron chi connectivity index (χ4n) is 3.72. The number of hydrogen-bond acceptors (Lipinski definition) is 4. The molecule has 0 radical (unpaired) electrons. The van der Waals surface area contributed by atoms with Crippen molar-refractivity contribution < 1.29 is 14.0 Å². The summed E-state index contributed by atoms with van der Waals surface area (Å²) in [5.41, 5.74) is 2.29. The molecule has 1 fully saturated rings. The predicted octanol–water partition coefficient (Wildman–Crippen LogP) is 3.86. The van der Waals surface area contributed by atoms with Gasteiger partial charge in [0.1, 0.15) is 5.58 Å². The summed E-state index contributed by atoms with van der Waals surface area (Å²) in [7, 11) is 1.94. The van der Waals surface area contributed by atoms with Gasteiger partial charge in [0.05, 0.1) is 6.42 Å². The highest BCUT2D eigenvalue weighted by molar-refractivity contribution is 6.04. The van der Waals surface area contributed by atoms with Crippen molar-refractivity contribution in [3.05, 3.63) is 65.9 Å². The number of para-hydroxylation sites is 1. The van der Waals surface area contributed by atoms with Crippen LogP contribution in [0.5, 0.6) is 0 Å². The number of hydrogen-bond donors (Lipinski definition) is 2. The van der Waals surface area contributed by atoms with E-state index in [1.54, 1.807) is 6.07 Å². The molecule has 2 heterocycles. The van der Waals surface area contributed by atoms with Gasteiger partial charge in [0.25, 0.3) is 5.91 Å². The van der Waals surface area contributed by atoms with Crippen LogP contribution in [0.25, 0.3) is 11.0 Å². The highest BCUT2D eigenvalue weighted by Crippen LogP contribution is 2.20. The zero-order chi connectivity index (χ0) is 20.2. The number of furan rings is 1. The lowest BCUT2D eigenvalue weighted by molar-refractivity contribution is -0.131. The molecule has 158 valence electrons. The summed E-state index contributed by atoms with van der Waals surface area (Å²) in [6.07, 6.45) is 2.51. The minimum absolute atomic E-state index is 0. The number of piperidine rings is 1. The second-order valence-corrected chi connectivity index (χ2v) is 7.44. The minimum atomic E-state index is -0.295. The van der Waals surface area contributed by atoms with E-state index in [4.69, 9.17) is 4.42 Å². The summed E-state index contributed by atoms with van der Waals surface area (Å²) in [6.45, 7) is 1.59. The summed E-state index contributed by atoms with van der Waals surface area (Å²) in [5, 5.41) is 6.99. The number of anilines is 1. The molecule has 0 bridgehead atoms. The Morgan fingerprint density at radius 1 is 1.13 bits per heavy atom. The largest absolute Gasteiger partial charge is 0.451 e. The number of halogens is 1. The maximum absolute atomic E-state index is 12.6. The Morgan fingerprint density at radius 2 is 1.90 bits per heavy atom. The third-order valence-electron chi connectivity index (χ3n) is 5.40. The zero-order valence-corrected chi connectivity index (χ0v) is 17.7. The molecular weight excluding hydrogens is 402 g/mol. The van der Waals surface area contributed by atoms with Crippen molar-refractivity contribution in [1.29, 1.82) is 0 Å². The van der Waals surface area contributed by atoms with E-state index in [1.165, 1.54) is 0 Å². The fraction of sp³-hybridized carbons (Fsp3) is 0.304. The summed E-state index contributed by atoms with van der Waals surface area (Å²) in [6, 6.07) is 17.0. The molecule has 1 aliphatic heterocycles. The second-order valence-electron chi connectivity index (χ2n) is 7.44. The Bertz CT molecular complexity index is 983. The van der Waals surface area contributed by atoms with Crippen LogP contribution in [0.15, 0.2) is 59.0 Å². The van der Waals surface area contributed by atoms with Gasteiger partial charge < -0.3 is 20.0 Å². The van der Waals surface area contributed by atoms with Crippen LogP contribution in [0.4, 0.5) is 5.69 Å². The molecule has 3 aromatic rings. The molecule has 1 aliphatic rings. The second kappa shape index (κ2) is 9.78. The molecule has 0 spiro atoms. The molecule has 1 aromatic heterocycles. The van der Waals surface area contributed by atoms with Crippen molar-refractivity contribution in [3.63, 3.8) is 0 Å². The van der Waals surface area contributed by atoms with Crippen LogP contribution in [0.3, 0.4) is 0 Å². The topological polar surface area (TPSA) is 74.6 Å². The quantitative estimate of drug-likeness (QED) is 0.648. The van der Waals surface area contributed by atoms with Gasteiger partial charge in [0, 0.05) is 30.2 Å². The van der Waals surface area contributed by atoms with E-state index in [0.717, 1.165) is 36.9 Å². The third-order valence-corrected chi connectivity index (χ3v) is 5.40. The molecule has 2 N–H and O–H groups in total. The van der Waals surface area contributed by atoms with Crippen molar-refractivity contribution in [2.75, 3.05) is 25.5 Å². The number of likely N-dealkylation sites (N-methyl/N-ethyl adjacent to an activating group) is 1. The maximum Gasteiger partial charge on any atom is 0.291 e. The highest BCUT2D eigenvalue weighted by Gasteiger charge is 2.22. The summed E-state index contributed by atoms with van der Waals surface area (Å²) in [5.74, 6) is 0.120. The van der Waals surface area contributed by atoms with Gasteiger partial charge in [-0.1, -0.05) is 30.3 Å². The van der Waals surface area contributed by atoms with E-state index in [-0.39, 0.29) is 30.0 Å². The van der Waals surface area contributed by atoms with Crippen molar-refractivity contribution >= 4 is 40.9 Å². The average molecular weight is 428 g/mol. The Kier molecular flexibility index (Phi) is 7.13.